The van der Waals surface area contributed by atoms with Crippen LogP contribution in [0.5, 0.6) is 0 Å². The number of fused-ring (bicyclic) bond motifs is 5. The molecule has 2 saturated carbocycles. The van der Waals surface area contributed by atoms with Gasteiger partial charge in [0, 0.05) is 29.8 Å². The van der Waals surface area contributed by atoms with Gasteiger partial charge in [-0.2, -0.15) is 5.06 Å². The zero-order chi connectivity index (χ0) is 18.7. The number of hydroxylamine groups is 1. The van der Waals surface area contributed by atoms with Gasteiger partial charge in [0.1, 0.15) is 5.41 Å². The minimum Gasteiger partial charge on any atom is -0.393 e. The first-order valence-electron chi connectivity index (χ1n) is 9.97. The maximum atomic E-state index is 14.0. The summed E-state index contributed by atoms with van der Waals surface area (Å²) in [6.45, 7) is 3.45. The molecule has 6 rings (SSSR count). The Morgan fingerprint density at radius 3 is 2.89 bits per heavy atom. The first kappa shape index (κ1) is 16.5. The first-order valence-corrected chi connectivity index (χ1v) is 9.97. The van der Waals surface area contributed by atoms with Crippen molar-refractivity contribution in [3.05, 3.63) is 29.8 Å². The number of amides is 1. The van der Waals surface area contributed by atoms with Crippen LogP contribution in [0.2, 0.25) is 0 Å². The zero-order valence-electron chi connectivity index (χ0n) is 16.0. The highest BCUT2D eigenvalue weighted by atomic mass is 16.7. The number of carbonyl (C=O) groups is 1. The monoisotopic (exact) mass is 370 g/mol. The second-order valence-electron chi connectivity index (χ2n) is 9.17. The Kier molecular flexibility index (Phi) is 3.00. The molecule has 1 amide bonds. The molecule has 0 aromatic heterocycles. The molecule has 0 unspecified atom stereocenters. The van der Waals surface area contributed by atoms with Gasteiger partial charge in [-0.1, -0.05) is 18.2 Å². The Morgan fingerprint density at radius 1 is 1.37 bits per heavy atom. The Balaban J connectivity index is 1.67. The number of para-hydroxylation sites is 1. The molecule has 1 aromatic carbocycles. The summed E-state index contributed by atoms with van der Waals surface area (Å²) in [7, 11) is 3.70. The Morgan fingerprint density at radius 2 is 2.15 bits per heavy atom. The molecular formula is C21H26N2O4. The fourth-order valence-corrected chi connectivity index (χ4v) is 8.00. The topological polar surface area (TPSA) is 62.2 Å². The van der Waals surface area contributed by atoms with Crippen molar-refractivity contribution in [2.75, 3.05) is 32.4 Å². The van der Waals surface area contributed by atoms with Crippen molar-refractivity contribution < 1.29 is 19.5 Å². The van der Waals surface area contributed by atoms with Crippen molar-refractivity contribution in [3.63, 3.8) is 0 Å². The first-order chi connectivity index (χ1) is 13.0. The molecule has 1 spiro atoms. The van der Waals surface area contributed by atoms with Crippen LogP contribution in [0.4, 0.5) is 5.69 Å². The fraction of sp³-hybridized carbons (Fsp3) is 0.667. The molecule has 2 saturated heterocycles. The quantitative estimate of drug-likeness (QED) is 0.847. The van der Waals surface area contributed by atoms with E-state index in [1.54, 1.807) is 7.11 Å². The van der Waals surface area contributed by atoms with Crippen LogP contribution in [-0.4, -0.2) is 61.5 Å². The molecule has 5 aliphatic rings. The van der Waals surface area contributed by atoms with Gasteiger partial charge in [-0.15, -0.1) is 0 Å². The maximum absolute atomic E-state index is 14.0. The number of hydrogen-bond acceptors (Lipinski definition) is 5. The van der Waals surface area contributed by atoms with E-state index in [1.165, 1.54) is 5.06 Å². The Hall–Kier alpha value is -1.47. The van der Waals surface area contributed by atoms with Crippen LogP contribution >= 0.6 is 0 Å². The van der Waals surface area contributed by atoms with Gasteiger partial charge in [-0.25, -0.2) is 0 Å². The predicted octanol–water partition coefficient (Wildman–Crippen LogP) is 1.18. The summed E-state index contributed by atoms with van der Waals surface area (Å²) in [5, 5.41) is 12.5. The van der Waals surface area contributed by atoms with Crippen LogP contribution in [0.15, 0.2) is 24.3 Å². The Labute approximate surface area is 159 Å². The summed E-state index contributed by atoms with van der Waals surface area (Å²) in [5.41, 5.74) is 0.792. The van der Waals surface area contributed by atoms with Gasteiger partial charge in [0.2, 0.25) is 0 Å². The molecule has 5 bridgehead atoms. The fourth-order valence-electron chi connectivity index (χ4n) is 8.00. The summed E-state index contributed by atoms with van der Waals surface area (Å²) in [6, 6.07) is 8.23. The molecule has 1 aromatic rings. The van der Waals surface area contributed by atoms with E-state index in [-0.39, 0.29) is 29.4 Å². The number of carbonyl (C=O) groups excluding carboxylic acids is 1. The molecule has 0 radical (unpaired) electrons. The average Bonchev–Trinajstić information content (AvgIpc) is 3.14. The van der Waals surface area contributed by atoms with Gasteiger partial charge >= 0.3 is 0 Å². The van der Waals surface area contributed by atoms with Crippen LogP contribution in [0, 0.1) is 23.2 Å². The number of aliphatic hydroxyl groups is 1. The van der Waals surface area contributed by atoms with Crippen molar-refractivity contribution in [1.29, 1.82) is 0 Å². The Bertz CT molecular complexity index is 843. The SMILES string of the molecule is CON1C(=O)[C@]2(c3ccccc31)[C@@H]1C[C@H]3[C@@H](CO1)[C@@H]1[C@@H]2[C@@]3([C@@H](C)O)CN1C. The third-order valence-electron chi connectivity index (χ3n) is 8.62. The van der Waals surface area contributed by atoms with Crippen molar-refractivity contribution in [2.45, 2.75) is 37.0 Å². The summed E-state index contributed by atoms with van der Waals surface area (Å²) < 4.78 is 6.37. The molecule has 8 atom stereocenters. The van der Waals surface area contributed by atoms with Crippen LogP contribution in [0.3, 0.4) is 0 Å². The van der Waals surface area contributed by atoms with Gasteiger partial charge in [-0.05, 0) is 37.9 Å². The number of anilines is 1. The molecule has 144 valence electrons. The summed E-state index contributed by atoms with van der Waals surface area (Å²) in [6.07, 6.45) is 0.229. The number of aliphatic hydroxyl groups excluding tert-OH is 1. The van der Waals surface area contributed by atoms with E-state index in [0.717, 1.165) is 24.2 Å². The standard InChI is InChI=1S/C21H26N2O4/c1-11(24)20-10-22(2)17-12-9-27-16(8-14(12)20)21(18(17)20)13-6-4-5-7-15(13)23(26-3)19(21)25/h4-7,11-12,14,16-18,24H,8-10H2,1-3H3/t11-,12-,14+,16+,17-,18-,20-,21-/m1/s1. The third-order valence-corrected chi connectivity index (χ3v) is 8.62. The molecule has 6 nitrogen and oxygen atoms in total. The largest absolute Gasteiger partial charge is 0.393 e. The second-order valence-corrected chi connectivity index (χ2v) is 9.17. The molecule has 2 aliphatic carbocycles. The molecule has 3 aliphatic heterocycles. The second kappa shape index (κ2) is 4.92. The van der Waals surface area contributed by atoms with Crippen molar-refractivity contribution in [1.82, 2.24) is 4.90 Å². The number of benzene rings is 1. The lowest BCUT2D eigenvalue weighted by atomic mass is 9.50. The maximum Gasteiger partial charge on any atom is 0.264 e. The third kappa shape index (κ3) is 1.49. The highest BCUT2D eigenvalue weighted by Crippen LogP contribution is 2.74. The molecule has 27 heavy (non-hydrogen) atoms. The van der Waals surface area contributed by atoms with Crippen LogP contribution in [0.25, 0.3) is 0 Å². The van der Waals surface area contributed by atoms with Gasteiger partial charge in [0.15, 0.2) is 0 Å². The minimum atomic E-state index is -0.777. The molecule has 3 heterocycles. The number of piperidine rings is 1. The van der Waals surface area contributed by atoms with E-state index in [2.05, 4.69) is 18.0 Å². The van der Waals surface area contributed by atoms with Crippen molar-refractivity contribution in [3.8, 4) is 0 Å². The molecule has 4 fully saturated rings. The van der Waals surface area contributed by atoms with E-state index in [1.807, 2.05) is 25.1 Å². The van der Waals surface area contributed by atoms with E-state index < -0.39 is 11.5 Å². The summed E-state index contributed by atoms with van der Waals surface area (Å²) in [5.74, 6) is 0.827. The lowest BCUT2D eigenvalue weighted by molar-refractivity contribution is -0.182. The van der Waals surface area contributed by atoms with Gasteiger partial charge in [0.25, 0.3) is 5.91 Å². The number of likely N-dealkylation sites (tertiary alicyclic amines) is 1. The summed E-state index contributed by atoms with van der Waals surface area (Å²) in [4.78, 5) is 21.9. The number of ether oxygens (including phenoxy) is 1. The van der Waals surface area contributed by atoms with Crippen molar-refractivity contribution >= 4 is 11.6 Å². The lowest BCUT2D eigenvalue weighted by Crippen LogP contribution is -2.65. The number of hydrogen-bond donors (Lipinski definition) is 1. The van der Waals surface area contributed by atoms with E-state index in [9.17, 15) is 9.90 Å². The highest BCUT2D eigenvalue weighted by Gasteiger charge is 2.82. The smallest absolute Gasteiger partial charge is 0.264 e. The van der Waals surface area contributed by atoms with E-state index in [4.69, 9.17) is 9.57 Å². The molecular weight excluding hydrogens is 344 g/mol. The predicted molar refractivity (Wildman–Crippen MR) is 98.0 cm³/mol. The minimum absolute atomic E-state index is 0.0208. The van der Waals surface area contributed by atoms with Crippen LogP contribution in [-0.2, 0) is 19.8 Å². The zero-order valence-corrected chi connectivity index (χ0v) is 16.0. The van der Waals surface area contributed by atoms with Crippen LogP contribution < -0.4 is 5.06 Å². The van der Waals surface area contributed by atoms with Gasteiger partial charge in [-0.3, -0.25) is 9.63 Å². The van der Waals surface area contributed by atoms with Crippen LogP contribution in [0.1, 0.15) is 18.9 Å². The highest BCUT2D eigenvalue weighted by molar-refractivity contribution is 6.08. The van der Waals surface area contributed by atoms with E-state index >= 15 is 0 Å². The summed E-state index contributed by atoms with van der Waals surface area (Å²) >= 11 is 0. The average molecular weight is 370 g/mol. The number of rotatable bonds is 2. The lowest BCUT2D eigenvalue weighted by Gasteiger charge is -2.56. The molecule has 6 heteroatoms. The van der Waals surface area contributed by atoms with Gasteiger partial charge < -0.3 is 14.7 Å². The number of nitrogens with zero attached hydrogens (tertiary/aromatic N) is 2. The van der Waals surface area contributed by atoms with Crippen molar-refractivity contribution in [2.24, 2.45) is 23.2 Å². The van der Waals surface area contributed by atoms with Gasteiger partial charge in [0.05, 0.1) is 31.6 Å². The molecule has 1 N–H and O–H groups in total. The van der Waals surface area contributed by atoms with E-state index in [0.29, 0.717) is 18.4 Å². The normalized spacial score (nSPS) is 47.9.